The van der Waals surface area contributed by atoms with Gasteiger partial charge < -0.3 is 9.84 Å². The normalized spacial score (nSPS) is 16.2. The molecule has 134 valence electrons. The summed E-state index contributed by atoms with van der Waals surface area (Å²) in [4.78, 5) is 12.1. The van der Waals surface area contributed by atoms with Crippen molar-refractivity contribution < 1.29 is 14.6 Å². The third-order valence-corrected chi connectivity index (χ3v) is 5.48. The number of aromatic hydroxyl groups is 1. The molecule has 2 rings (SSSR count). The second kappa shape index (κ2) is 8.04. The summed E-state index contributed by atoms with van der Waals surface area (Å²) in [7, 11) is 0. The van der Waals surface area contributed by atoms with Crippen LogP contribution in [-0.4, -0.2) is 17.7 Å². The Balaban J connectivity index is 1.81. The van der Waals surface area contributed by atoms with Gasteiger partial charge in [0.1, 0.15) is 5.75 Å². The summed E-state index contributed by atoms with van der Waals surface area (Å²) in [5.41, 5.74) is 2.86. The van der Waals surface area contributed by atoms with Crippen LogP contribution in [-0.2, 0) is 16.0 Å². The maximum atomic E-state index is 12.1. The van der Waals surface area contributed by atoms with Crippen molar-refractivity contribution in [2.45, 2.75) is 72.6 Å². The number of rotatable bonds is 6. The van der Waals surface area contributed by atoms with E-state index in [1.807, 2.05) is 26.0 Å². The molecular formula is C21H32O3. The molecule has 0 heterocycles. The Kier molecular flexibility index (Phi) is 6.31. The molecule has 0 spiro atoms. The van der Waals surface area contributed by atoms with Crippen molar-refractivity contribution in [3.63, 3.8) is 0 Å². The molecule has 1 aromatic carbocycles. The summed E-state index contributed by atoms with van der Waals surface area (Å²) in [5.74, 6) is 0.888. The van der Waals surface area contributed by atoms with Crippen LogP contribution in [0.4, 0.5) is 0 Å². The molecule has 0 atom stereocenters. The number of aryl methyl sites for hydroxylation is 3. The van der Waals surface area contributed by atoms with Crippen LogP contribution in [0.25, 0.3) is 0 Å². The Bertz CT molecular complexity index is 545. The van der Waals surface area contributed by atoms with Gasteiger partial charge in [0.15, 0.2) is 0 Å². The number of ether oxygens (including phenoxy) is 1. The molecule has 24 heavy (non-hydrogen) atoms. The van der Waals surface area contributed by atoms with Gasteiger partial charge in [-0.3, -0.25) is 4.79 Å². The molecule has 0 saturated heterocycles. The van der Waals surface area contributed by atoms with Crippen molar-refractivity contribution in [3.8, 4) is 5.75 Å². The van der Waals surface area contributed by atoms with Gasteiger partial charge in [-0.15, -0.1) is 0 Å². The smallest absolute Gasteiger partial charge is 0.306 e. The number of hydrogen-bond donors (Lipinski definition) is 1. The minimum absolute atomic E-state index is 0.0712. The van der Waals surface area contributed by atoms with Crippen molar-refractivity contribution in [2.75, 3.05) is 6.61 Å². The Morgan fingerprint density at radius 1 is 1.17 bits per heavy atom. The molecule has 3 nitrogen and oxygen atoms in total. The zero-order valence-electron chi connectivity index (χ0n) is 15.7. The summed E-state index contributed by atoms with van der Waals surface area (Å²) >= 11 is 0. The first-order valence-corrected chi connectivity index (χ1v) is 9.24. The Labute approximate surface area is 146 Å². The number of esters is 1. The molecule has 0 unspecified atom stereocenters. The van der Waals surface area contributed by atoms with E-state index in [9.17, 15) is 9.90 Å². The first kappa shape index (κ1) is 18.8. The van der Waals surface area contributed by atoms with Crippen LogP contribution in [0.3, 0.4) is 0 Å². The fraction of sp³-hybridized carbons (Fsp3) is 0.667. The van der Waals surface area contributed by atoms with Gasteiger partial charge >= 0.3 is 5.97 Å². The summed E-state index contributed by atoms with van der Waals surface area (Å²) in [5, 5.41) is 9.81. The lowest BCUT2D eigenvalue weighted by atomic mass is 9.71. The third-order valence-electron chi connectivity index (χ3n) is 5.48. The molecule has 1 aliphatic carbocycles. The van der Waals surface area contributed by atoms with E-state index in [1.165, 1.54) is 32.1 Å². The molecule has 1 fully saturated rings. The molecule has 0 radical (unpaired) electrons. The molecule has 1 N–H and O–H groups in total. The van der Waals surface area contributed by atoms with E-state index in [1.54, 1.807) is 0 Å². The second-order valence-corrected chi connectivity index (χ2v) is 8.06. The predicted octanol–water partition coefficient (Wildman–Crippen LogP) is 5.09. The van der Waals surface area contributed by atoms with E-state index >= 15 is 0 Å². The van der Waals surface area contributed by atoms with E-state index < -0.39 is 0 Å². The van der Waals surface area contributed by atoms with E-state index in [0.717, 1.165) is 16.7 Å². The van der Waals surface area contributed by atoms with Gasteiger partial charge in [0.2, 0.25) is 0 Å². The van der Waals surface area contributed by atoms with Crippen molar-refractivity contribution >= 4 is 5.97 Å². The van der Waals surface area contributed by atoms with Crippen molar-refractivity contribution in [2.24, 2.45) is 11.3 Å². The summed E-state index contributed by atoms with van der Waals surface area (Å²) in [6.45, 7) is 8.74. The molecule has 0 aliphatic heterocycles. The van der Waals surface area contributed by atoms with Crippen molar-refractivity contribution in [1.29, 1.82) is 0 Å². The van der Waals surface area contributed by atoms with Crippen LogP contribution < -0.4 is 0 Å². The van der Waals surface area contributed by atoms with E-state index in [-0.39, 0.29) is 11.4 Å². The number of phenols is 1. The summed E-state index contributed by atoms with van der Waals surface area (Å²) in [6, 6.07) is 3.89. The highest BCUT2D eigenvalue weighted by atomic mass is 16.5. The van der Waals surface area contributed by atoms with Crippen LogP contribution in [0, 0.1) is 25.2 Å². The zero-order chi connectivity index (χ0) is 17.7. The van der Waals surface area contributed by atoms with E-state index in [4.69, 9.17) is 4.74 Å². The van der Waals surface area contributed by atoms with Crippen molar-refractivity contribution in [1.82, 2.24) is 0 Å². The maximum Gasteiger partial charge on any atom is 0.306 e. The minimum Gasteiger partial charge on any atom is -0.507 e. The molecular weight excluding hydrogens is 300 g/mol. The average molecular weight is 332 g/mol. The monoisotopic (exact) mass is 332 g/mol. The molecule has 1 aromatic rings. The molecule has 1 saturated carbocycles. The van der Waals surface area contributed by atoms with Crippen LogP contribution in [0.2, 0.25) is 0 Å². The van der Waals surface area contributed by atoms with Crippen molar-refractivity contribution in [3.05, 3.63) is 28.8 Å². The SMILES string of the molecule is Cc1cc(CCC(=O)OCC(C)(C)C2CCCCC2)cc(C)c1O. The summed E-state index contributed by atoms with van der Waals surface area (Å²) in [6.07, 6.45) is 7.53. The number of carbonyl (C=O) groups excluding carboxylic acids is 1. The van der Waals surface area contributed by atoms with Gasteiger partial charge in [-0.25, -0.2) is 0 Å². The minimum atomic E-state index is -0.123. The first-order chi connectivity index (χ1) is 11.3. The number of phenolic OH excluding ortho intramolecular Hbond substituents is 1. The fourth-order valence-electron chi connectivity index (χ4n) is 3.78. The maximum absolute atomic E-state index is 12.1. The summed E-state index contributed by atoms with van der Waals surface area (Å²) < 4.78 is 5.58. The number of carbonyl (C=O) groups is 1. The molecule has 1 aliphatic rings. The van der Waals surface area contributed by atoms with Gasteiger partial charge in [-0.2, -0.15) is 0 Å². The third kappa shape index (κ3) is 4.99. The molecule has 0 amide bonds. The molecule has 3 heteroatoms. The van der Waals surface area contributed by atoms with Crippen LogP contribution in [0.15, 0.2) is 12.1 Å². The van der Waals surface area contributed by atoms with Gasteiger partial charge in [0.25, 0.3) is 0 Å². The lowest BCUT2D eigenvalue weighted by Crippen LogP contribution is -2.32. The van der Waals surface area contributed by atoms with E-state index in [2.05, 4.69) is 13.8 Å². The van der Waals surface area contributed by atoms with Crippen LogP contribution in [0.5, 0.6) is 5.75 Å². The molecule has 0 aromatic heterocycles. The highest BCUT2D eigenvalue weighted by Gasteiger charge is 2.31. The van der Waals surface area contributed by atoms with E-state index in [0.29, 0.717) is 31.1 Å². The average Bonchev–Trinajstić information content (AvgIpc) is 2.56. The highest BCUT2D eigenvalue weighted by molar-refractivity contribution is 5.69. The number of hydrogen-bond acceptors (Lipinski definition) is 3. The predicted molar refractivity (Wildman–Crippen MR) is 97.2 cm³/mol. The Morgan fingerprint density at radius 2 is 1.75 bits per heavy atom. The van der Waals surface area contributed by atoms with Crippen LogP contribution in [0.1, 0.15) is 69.1 Å². The van der Waals surface area contributed by atoms with Gasteiger partial charge in [-0.1, -0.05) is 45.2 Å². The standard InChI is InChI=1S/C21H32O3/c1-15-12-17(13-16(2)20(15)23)10-11-19(22)24-14-21(3,4)18-8-6-5-7-9-18/h12-13,18,23H,5-11,14H2,1-4H3. The highest BCUT2D eigenvalue weighted by Crippen LogP contribution is 2.38. The fourth-order valence-corrected chi connectivity index (χ4v) is 3.78. The number of benzene rings is 1. The lowest BCUT2D eigenvalue weighted by Gasteiger charge is -2.36. The quantitative estimate of drug-likeness (QED) is 0.738. The second-order valence-electron chi connectivity index (χ2n) is 8.06. The van der Waals surface area contributed by atoms with Gasteiger partial charge in [0.05, 0.1) is 6.61 Å². The van der Waals surface area contributed by atoms with Crippen LogP contribution >= 0.6 is 0 Å². The Hall–Kier alpha value is -1.51. The largest absolute Gasteiger partial charge is 0.507 e. The first-order valence-electron chi connectivity index (χ1n) is 9.24. The lowest BCUT2D eigenvalue weighted by molar-refractivity contribution is -0.148. The molecule has 0 bridgehead atoms. The Morgan fingerprint density at radius 3 is 2.33 bits per heavy atom. The van der Waals surface area contributed by atoms with Gasteiger partial charge in [0, 0.05) is 11.8 Å². The van der Waals surface area contributed by atoms with Gasteiger partial charge in [-0.05, 0) is 55.7 Å². The zero-order valence-corrected chi connectivity index (χ0v) is 15.7. The topological polar surface area (TPSA) is 46.5 Å².